The fourth-order valence-corrected chi connectivity index (χ4v) is 5.58. The van der Waals surface area contributed by atoms with Crippen molar-refractivity contribution in [2.24, 2.45) is 11.8 Å². The van der Waals surface area contributed by atoms with Crippen LogP contribution in [0.2, 0.25) is 5.02 Å². The molecule has 3 aromatic carbocycles. The number of imide groups is 1. The molecule has 6 rings (SSSR count). The number of carbonyl (C=O) groups excluding carboxylic acids is 4. The first kappa shape index (κ1) is 21.8. The SMILES string of the molecule is O=C1C2C(c3ccc(Cl)cc3)OC3(C(=O)c4ccccc4C3=O)C2C(=O)N1Cc1ccc(F)cc1. The predicted molar refractivity (Wildman–Crippen MR) is 122 cm³/mol. The Morgan fingerprint density at radius 3 is 2.03 bits per heavy atom. The number of likely N-dealkylation sites (tertiary alicyclic amines) is 1. The Balaban J connectivity index is 1.48. The molecule has 0 aromatic heterocycles. The molecule has 0 radical (unpaired) electrons. The van der Waals surface area contributed by atoms with E-state index in [-0.39, 0.29) is 17.7 Å². The number of hydrogen-bond acceptors (Lipinski definition) is 5. The molecule has 0 saturated carbocycles. The van der Waals surface area contributed by atoms with Crippen LogP contribution in [0.1, 0.15) is 37.9 Å². The summed E-state index contributed by atoms with van der Waals surface area (Å²) in [7, 11) is 0. The Labute approximate surface area is 204 Å². The zero-order chi connectivity index (χ0) is 24.5. The summed E-state index contributed by atoms with van der Waals surface area (Å²) in [5.41, 5.74) is -0.709. The topological polar surface area (TPSA) is 80.8 Å². The van der Waals surface area contributed by atoms with Gasteiger partial charge in [0.05, 0.1) is 24.5 Å². The third-order valence-corrected chi connectivity index (χ3v) is 7.31. The smallest absolute Gasteiger partial charge is 0.237 e. The molecule has 2 fully saturated rings. The number of carbonyl (C=O) groups is 4. The fourth-order valence-electron chi connectivity index (χ4n) is 5.46. The van der Waals surface area contributed by atoms with Gasteiger partial charge in [0, 0.05) is 16.1 Å². The van der Waals surface area contributed by atoms with E-state index in [9.17, 15) is 23.6 Å². The normalized spacial score (nSPS) is 24.4. The van der Waals surface area contributed by atoms with Crippen molar-refractivity contribution in [3.63, 3.8) is 0 Å². The highest BCUT2D eigenvalue weighted by atomic mass is 35.5. The van der Waals surface area contributed by atoms with Gasteiger partial charge in [0.15, 0.2) is 0 Å². The van der Waals surface area contributed by atoms with Gasteiger partial charge in [-0.2, -0.15) is 0 Å². The molecule has 6 nitrogen and oxygen atoms in total. The fraction of sp³-hybridized carbons (Fsp3) is 0.185. The van der Waals surface area contributed by atoms with Crippen LogP contribution in [0.3, 0.4) is 0 Å². The van der Waals surface area contributed by atoms with Gasteiger partial charge >= 0.3 is 0 Å². The molecule has 8 heteroatoms. The van der Waals surface area contributed by atoms with Gasteiger partial charge in [-0.25, -0.2) is 4.39 Å². The third kappa shape index (κ3) is 2.98. The molecule has 2 saturated heterocycles. The van der Waals surface area contributed by atoms with Crippen molar-refractivity contribution in [1.29, 1.82) is 0 Å². The van der Waals surface area contributed by atoms with Crippen LogP contribution in [0.25, 0.3) is 0 Å². The molecular formula is C27H17ClFNO5. The number of halogens is 2. The van der Waals surface area contributed by atoms with E-state index in [0.717, 1.165) is 4.90 Å². The van der Waals surface area contributed by atoms with Crippen LogP contribution < -0.4 is 0 Å². The van der Waals surface area contributed by atoms with Gasteiger partial charge in [-0.3, -0.25) is 24.1 Å². The maximum atomic E-state index is 13.7. The second-order valence-corrected chi connectivity index (χ2v) is 9.36. The van der Waals surface area contributed by atoms with Gasteiger partial charge in [-0.1, -0.05) is 60.1 Å². The molecule has 2 heterocycles. The molecule has 3 aliphatic rings. The minimum absolute atomic E-state index is 0.107. The number of fused-ring (bicyclic) bond motifs is 3. The molecule has 0 N–H and O–H groups in total. The lowest BCUT2D eigenvalue weighted by atomic mass is 9.77. The molecule has 35 heavy (non-hydrogen) atoms. The van der Waals surface area contributed by atoms with Crippen molar-refractivity contribution in [2.75, 3.05) is 0 Å². The summed E-state index contributed by atoms with van der Waals surface area (Å²) in [5.74, 6) is -5.27. The number of benzene rings is 3. The zero-order valence-electron chi connectivity index (χ0n) is 18.1. The van der Waals surface area contributed by atoms with Crippen LogP contribution in [-0.2, 0) is 20.9 Å². The standard InChI is InChI=1S/C27H17ClFNO5/c28-16-9-7-15(8-10-16)22-20-21(26(34)30(25(20)33)13-14-5-11-17(29)12-6-14)27(35-22)23(31)18-3-1-2-4-19(18)24(27)32/h1-12,20-22H,13H2. The molecule has 3 aromatic rings. The zero-order valence-corrected chi connectivity index (χ0v) is 18.9. The lowest BCUT2D eigenvalue weighted by Crippen LogP contribution is -2.50. The van der Waals surface area contributed by atoms with Crippen molar-refractivity contribution < 1.29 is 28.3 Å². The number of ether oxygens (including phenoxy) is 1. The van der Waals surface area contributed by atoms with Gasteiger partial charge in [0.1, 0.15) is 5.82 Å². The highest BCUT2D eigenvalue weighted by Gasteiger charge is 2.74. The Bertz CT molecular complexity index is 1380. The van der Waals surface area contributed by atoms with E-state index in [4.69, 9.17) is 16.3 Å². The summed E-state index contributed by atoms with van der Waals surface area (Å²) in [6.07, 6.45) is -1.01. The Morgan fingerprint density at radius 2 is 1.43 bits per heavy atom. The first-order valence-corrected chi connectivity index (χ1v) is 11.4. The predicted octanol–water partition coefficient (Wildman–Crippen LogP) is 4.17. The van der Waals surface area contributed by atoms with E-state index in [1.54, 1.807) is 36.4 Å². The average molecular weight is 490 g/mol. The van der Waals surface area contributed by atoms with Crippen LogP contribution in [0.5, 0.6) is 0 Å². The molecule has 2 amide bonds. The maximum absolute atomic E-state index is 13.7. The summed E-state index contributed by atoms with van der Waals surface area (Å²) in [5, 5.41) is 0.463. The highest BCUT2D eigenvalue weighted by Crippen LogP contribution is 2.57. The van der Waals surface area contributed by atoms with E-state index in [2.05, 4.69) is 0 Å². The van der Waals surface area contributed by atoms with Gasteiger partial charge in [-0.05, 0) is 35.4 Å². The lowest BCUT2D eigenvalue weighted by Gasteiger charge is -2.27. The summed E-state index contributed by atoms with van der Waals surface area (Å²) < 4.78 is 19.6. The van der Waals surface area contributed by atoms with Crippen molar-refractivity contribution in [3.05, 3.63) is 106 Å². The average Bonchev–Trinajstić information content (AvgIpc) is 3.42. The first-order valence-electron chi connectivity index (χ1n) is 11.0. The molecule has 1 spiro atoms. The number of ketones is 2. The van der Waals surface area contributed by atoms with E-state index >= 15 is 0 Å². The molecular weight excluding hydrogens is 473 g/mol. The molecule has 3 unspecified atom stereocenters. The van der Waals surface area contributed by atoms with Gasteiger partial charge < -0.3 is 4.74 Å². The highest BCUT2D eigenvalue weighted by molar-refractivity contribution is 6.35. The van der Waals surface area contributed by atoms with Gasteiger partial charge in [-0.15, -0.1) is 0 Å². The molecule has 174 valence electrons. The van der Waals surface area contributed by atoms with Crippen LogP contribution in [0, 0.1) is 17.7 Å². The van der Waals surface area contributed by atoms with E-state index in [1.165, 1.54) is 36.4 Å². The number of nitrogens with zero attached hydrogens (tertiary/aromatic N) is 1. The maximum Gasteiger partial charge on any atom is 0.237 e. The third-order valence-electron chi connectivity index (χ3n) is 7.06. The van der Waals surface area contributed by atoms with E-state index < -0.39 is 52.7 Å². The second-order valence-electron chi connectivity index (χ2n) is 8.92. The summed E-state index contributed by atoms with van der Waals surface area (Å²) in [6.45, 7) is -0.107. The number of Topliss-reactive ketones (excluding diaryl/α,β-unsaturated/α-hetero) is 2. The summed E-state index contributed by atoms with van der Waals surface area (Å²) in [6, 6.07) is 18.3. The quantitative estimate of drug-likeness (QED) is 0.407. The minimum atomic E-state index is -2.12. The first-order chi connectivity index (χ1) is 16.8. The summed E-state index contributed by atoms with van der Waals surface area (Å²) in [4.78, 5) is 55.8. The Morgan fingerprint density at radius 1 is 0.829 bits per heavy atom. The largest absolute Gasteiger partial charge is 0.349 e. The van der Waals surface area contributed by atoms with Crippen LogP contribution in [0.4, 0.5) is 4.39 Å². The number of rotatable bonds is 3. The lowest BCUT2D eigenvalue weighted by molar-refractivity contribution is -0.145. The summed E-state index contributed by atoms with van der Waals surface area (Å²) >= 11 is 6.03. The Hall–Kier alpha value is -3.68. The van der Waals surface area contributed by atoms with Crippen molar-refractivity contribution in [2.45, 2.75) is 18.2 Å². The van der Waals surface area contributed by atoms with Crippen LogP contribution in [-0.4, -0.2) is 33.9 Å². The molecule has 2 aliphatic heterocycles. The van der Waals surface area contributed by atoms with Crippen molar-refractivity contribution >= 4 is 35.0 Å². The molecule has 0 bridgehead atoms. The molecule has 3 atom stereocenters. The second kappa shape index (κ2) is 7.66. The minimum Gasteiger partial charge on any atom is -0.349 e. The van der Waals surface area contributed by atoms with Gasteiger partial charge in [0.2, 0.25) is 29.0 Å². The number of hydrogen-bond donors (Lipinski definition) is 0. The number of amides is 2. The monoisotopic (exact) mass is 489 g/mol. The molecule has 1 aliphatic carbocycles. The van der Waals surface area contributed by atoms with Crippen molar-refractivity contribution in [3.8, 4) is 0 Å². The Kier molecular flexibility index (Phi) is 4.78. The van der Waals surface area contributed by atoms with E-state index in [0.29, 0.717) is 16.1 Å². The van der Waals surface area contributed by atoms with Crippen LogP contribution >= 0.6 is 11.6 Å². The van der Waals surface area contributed by atoms with Gasteiger partial charge in [0.25, 0.3) is 0 Å². The van der Waals surface area contributed by atoms with Crippen molar-refractivity contribution in [1.82, 2.24) is 4.90 Å². The van der Waals surface area contributed by atoms with E-state index in [1.807, 2.05) is 0 Å². The van der Waals surface area contributed by atoms with Crippen LogP contribution in [0.15, 0.2) is 72.8 Å².